The molecular weight excluding hydrogens is 302 g/mol. The maximum atomic E-state index is 4.16. The molecule has 0 heterocycles. The van der Waals surface area contributed by atoms with E-state index in [4.69, 9.17) is 0 Å². The Hall–Kier alpha value is -1.08. The maximum Gasteiger partial charge on any atom is 0.00950 e. The molecule has 1 rings (SSSR count). The highest BCUT2D eigenvalue weighted by atomic mass is 15.1. The summed E-state index contributed by atoms with van der Waals surface area (Å²) in [7, 11) is 0. The van der Waals surface area contributed by atoms with Crippen molar-refractivity contribution in [2.45, 2.75) is 85.6 Å². The molecule has 1 heteroatoms. The van der Waals surface area contributed by atoms with Crippen LogP contribution in [-0.4, -0.2) is 24.0 Å². The van der Waals surface area contributed by atoms with Crippen LogP contribution in [0.15, 0.2) is 47.6 Å². The molecular formula is C24H41N. The van der Waals surface area contributed by atoms with Gasteiger partial charge in [-0.1, -0.05) is 77.0 Å². The van der Waals surface area contributed by atoms with Gasteiger partial charge in [0.15, 0.2) is 0 Å². The summed E-state index contributed by atoms with van der Waals surface area (Å²) in [6.45, 7) is 17.9. The minimum atomic E-state index is 0.543. The van der Waals surface area contributed by atoms with E-state index in [0.717, 1.165) is 12.5 Å². The average Bonchev–Trinajstić information content (AvgIpc) is 2.80. The Bertz CT molecular complexity index is 474. The Kier molecular flexibility index (Phi) is 10.8. The number of nitrogens with zero attached hydrogens (tertiary/aromatic N) is 1. The third-order valence-corrected chi connectivity index (χ3v) is 5.26. The average molecular weight is 344 g/mol. The molecule has 0 spiro atoms. The van der Waals surface area contributed by atoms with Crippen molar-refractivity contribution in [3.63, 3.8) is 0 Å². The van der Waals surface area contributed by atoms with Crippen molar-refractivity contribution in [3.05, 3.63) is 47.6 Å². The number of rotatable bonds is 12. The molecule has 0 aromatic rings. The lowest BCUT2D eigenvalue weighted by molar-refractivity contribution is 0.170. The van der Waals surface area contributed by atoms with Gasteiger partial charge < -0.3 is 4.90 Å². The second-order valence-corrected chi connectivity index (χ2v) is 7.51. The van der Waals surface area contributed by atoms with Gasteiger partial charge in [-0.25, -0.2) is 0 Å². The zero-order valence-electron chi connectivity index (χ0n) is 17.5. The molecule has 1 unspecified atom stereocenters. The van der Waals surface area contributed by atoms with Gasteiger partial charge in [0.2, 0.25) is 0 Å². The van der Waals surface area contributed by atoms with Crippen LogP contribution in [0, 0.1) is 5.92 Å². The van der Waals surface area contributed by atoms with Crippen LogP contribution in [0.1, 0.15) is 79.6 Å². The van der Waals surface area contributed by atoms with Gasteiger partial charge in [0.1, 0.15) is 0 Å². The fourth-order valence-corrected chi connectivity index (χ4v) is 3.89. The molecule has 0 N–H and O–H groups in total. The topological polar surface area (TPSA) is 3.24 Å². The summed E-state index contributed by atoms with van der Waals surface area (Å²) < 4.78 is 0. The van der Waals surface area contributed by atoms with E-state index >= 15 is 0 Å². The van der Waals surface area contributed by atoms with Crippen LogP contribution >= 0.6 is 0 Å². The molecule has 0 fully saturated rings. The smallest absolute Gasteiger partial charge is 0.00950 e. The summed E-state index contributed by atoms with van der Waals surface area (Å²) in [5, 5.41) is 0. The summed E-state index contributed by atoms with van der Waals surface area (Å²) >= 11 is 0. The monoisotopic (exact) mass is 343 g/mol. The van der Waals surface area contributed by atoms with E-state index in [1.165, 1.54) is 68.3 Å². The number of hydrogen-bond acceptors (Lipinski definition) is 1. The SMILES string of the molecule is C=C(C)C1=C(CC)C=CC(CCN(CCC)C(CCC)CCC)C=C1. The van der Waals surface area contributed by atoms with Crippen LogP contribution < -0.4 is 0 Å². The van der Waals surface area contributed by atoms with Gasteiger partial charge in [-0.2, -0.15) is 0 Å². The summed E-state index contributed by atoms with van der Waals surface area (Å²) in [4.78, 5) is 2.76. The molecule has 0 amide bonds. The summed E-state index contributed by atoms with van der Waals surface area (Å²) in [5.41, 5.74) is 3.94. The van der Waals surface area contributed by atoms with Crippen LogP contribution in [0.25, 0.3) is 0 Å². The Morgan fingerprint density at radius 2 is 1.64 bits per heavy atom. The van der Waals surface area contributed by atoms with Gasteiger partial charge in [-0.15, -0.1) is 0 Å². The highest BCUT2D eigenvalue weighted by Gasteiger charge is 2.17. The molecule has 1 nitrogen and oxygen atoms in total. The molecule has 0 saturated heterocycles. The quantitative estimate of drug-likeness (QED) is 0.366. The zero-order valence-corrected chi connectivity index (χ0v) is 17.5. The second-order valence-electron chi connectivity index (χ2n) is 7.51. The molecule has 0 radical (unpaired) electrons. The first-order valence-electron chi connectivity index (χ1n) is 10.6. The van der Waals surface area contributed by atoms with E-state index in [1.807, 2.05) is 0 Å². The first-order chi connectivity index (χ1) is 12.1. The van der Waals surface area contributed by atoms with E-state index in [2.05, 4.69) is 70.4 Å². The molecule has 1 aliphatic carbocycles. The molecule has 25 heavy (non-hydrogen) atoms. The highest BCUT2D eigenvalue weighted by molar-refractivity contribution is 5.47. The third-order valence-electron chi connectivity index (χ3n) is 5.26. The minimum absolute atomic E-state index is 0.543. The Labute approximate surface area is 157 Å². The van der Waals surface area contributed by atoms with Crippen molar-refractivity contribution < 1.29 is 0 Å². The van der Waals surface area contributed by atoms with Crippen LogP contribution in [0.5, 0.6) is 0 Å². The van der Waals surface area contributed by atoms with Crippen molar-refractivity contribution in [2.75, 3.05) is 13.1 Å². The van der Waals surface area contributed by atoms with Crippen LogP contribution in [0.2, 0.25) is 0 Å². The van der Waals surface area contributed by atoms with Gasteiger partial charge in [0.05, 0.1) is 0 Å². The van der Waals surface area contributed by atoms with Gasteiger partial charge >= 0.3 is 0 Å². The maximum absolute atomic E-state index is 4.16. The normalized spacial score (nSPS) is 17.6. The second kappa shape index (κ2) is 12.3. The number of allylic oxidation sites excluding steroid dienone is 7. The van der Waals surface area contributed by atoms with Crippen molar-refractivity contribution in [1.29, 1.82) is 0 Å². The predicted octanol–water partition coefficient (Wildman–Crippen LogP) is 7.08. The van der Waals surface area contributed by atoms with E-state index in [1.54, 1.807) is 0 Å². The van der Waals surface area contributed by atoms with Gasteiger partial charge in [-0.05, 0) is 69.2 Å². The van der Waals surface area contributed by atoms with Crippen molar-refractivity contribution in [3.8, 4) is 0 Å². The Morgan fingerprint density at radius 1 is 1.00 bits per heavy atom. The van der Waals surface area contributed by atoms with E-state index in [9.17, 15) is 0 Å². The lowest BCUT2D eigenvalue weighted by Gasteiger charge is -2.32. The third kappa shape index (κ3) is 7.36. The molecule has 0 aliphatic heterocycles. The van der Waals surface area contributed by atoms with Gasteiger partial charge in [0, 0.05) is 6.04 Å². The van der Waals surface area contributed by atoms with Gasteiger partial charge in [0.25, 0.3) is 0 Å². The summed E-state index contributed by atoms with van der Waals surface area (Å²) in [6, 6.07) is 0.768. The molecule has 1 aliphatic rings. The van der Waals surface area contributed by atoms with E-state index in [0.29, 0.717) is 5.92 Å². The summed E-state index contributed by atoms with van der Waals surface area (Å²) in [5.74, 6) is 0.543. The first-order valence-corrected chi connectivity index (χ1v) is 10.6. The molecule has 0 bridgehead atoms. The van der Waals surface area contributed by atoms with Crippen LogP contribution in [0.3, 0.4) is 0 Å². The van der Waals surface area contributed by atoms with Crippen LogP contribution in [0.4, 0.5) is 0 Å². The molecule has 1 atom stereocenters. The van der Waals surface area contributed by atoms with Crippen LogP contribution in [-0.2, 0) is 0 Å². The Balaban J connectivity index is 2.74. The zero-order chi connectivity index (χ0) is 18.7. The van der Waals surface area contributed by atoms with Crippen molar-refractivity contribution >= 4 is 0 Å². The molecule has 0 saturated carbocycles. The lowest BCUT2D eigenvalue weighted by atomic mass is 10.0. The fraction of sp³-hybridized carbons (Fsp3) is 0.667. The molecule has 0 aromatic heterocycles. The van der Waals surface area contributed by atoms with Crippen molar-refractivity contribution in [2.24, 2.45) is 5.92 Å². The Morgan fingerprint density at radius 3 is 2.16 bits per heavy atom. The minimum Gasteiger partial charge on any atom is -0.300 e. The van der Waals surface area contributed by atoms with Gasteiger partial charge in [-0.3, -0.25) is 0 Å². The van der Waals surface area contributed by atoms with E-state index < -0.39 is 0 Å². The summed E-state index contributed by atoms with van der Waals surface area (Å²) in [6.07, 6.45) is 18.3. The predicted molar refractivity (Wildman–Crippen MR) is 114 cm³/mol. The molecule has 142 valence electrons. The largest absolute Gasteiger partial charge is 0.300 e. The lowest BCUT2D eigenvalue weighted by Crippen LogP contribution is -2.37. The van der Waals surface area contributed by atoms with Crippen molar-refractivity contribution in [1.82, 2.24) is 4.90 Å². The fourth-order valence-electron chi connectivity index (χ4n) is 3.89. The van der Waals surface area contributed by atoms with E-state index in [-0.39, 0.29) is 0 Å². The number of hydrogen-bond donors (Lipinski definition) is 0. The standard InChI is InChI=1S/C24H41N/c1-7-11-23(12-8-2)25(18-9-3)19-17-21-13-15-22(10-4)24(16-14-21)20(5)6/h13-16,21,23H,5,7-12,17-19H2,1-4,6H3. The molecule has 0 aromatic carbocycles. The highest BCUT2D eigenvalue weighted by Crippen LogP contribution is 2.25. The first kappa shape index (κ1) is 22.0.